The van der Waals surface area contributed by atoms with Gasteiger partial charge < -0.3 is 14.0 Å². The molecule has 0 bridgehead atoms. The maximum Gasteiger partial charge on any atom is 0.341 e. The topological polar surface area (TPSA) is 35.5 Å². The van der Waals surface area contributed by atoms with E-state index in [1.807, 2.05) is 19.1 Å². The first-order chi connectivity index (χ1) is 13.6. The first kappa shape index (κ1) is 24.0. The first-order valence-corrected chi connectivity index (χ1v) is 10.3. The van der Waals surface area contributed by atoms with Gasteiger partial charge in [-0.2, -0.15) is 0 Å². The number of hydrogen-bond acceptors (Lipinski definition) is 3. The smallest absolute Gasteiger partial charge is 0.341 e. The summed E-state index contributed by atoms with van der Waals surface area (Å²) in [6.07, 6.45) is 5.18. The van der Waals surface area contributed by atoms with Crippen molar-refractivity contribution in [3.8, 4) is 5.75 Å². The van der Waals surface area contributed by atoms with Crippen LogP contribution in [-0.2, 0) is 44.0 Å². The average molecular weight is 471 g/mol. The molecule has 153 valence electrons. The Bertz CT molecular complexity index is 771. The fraction of sp³-hybridized carbons (Fsp3) is 0.458. The molecule has 0 unspecified atom stereocenters. The summed E-state index contributed by atoms with van der Waals surface area (Å²) in [7, 11) is 1.41. The van der Waals surface area contributed by atoms with E-state index in [0.717, 1.165) is 23.1 Å². The maximum atomic E-state index is 12.1. The Morgan fingerprint density at radius 3 is 2.31 bits per heavy atom. The number of methoxy groups -OCH3 is 1. The number of benzene rings is 2. The van der Waals surface area contributed by atoms with Crippen molar-refractivity contribution >= 4 is 5.97 Å². The van der Waals surface area contributed by atoms with Gasteiger partial charge in [-0.05, 0) is 44.2 Å². The number of ether oxygens (including phenoxy) is 2. The van der Waals surface area contributed by atoms with Crippen LogP contribution >= 0.6 is 0 Å². The average Bonchev–Trinajstić information content (AvgIpc) is 2.95. The molecule has 1 heterocycles. The number of esters is 1. The SMILES string of the molecule is COC(=O)c1cccc(C)c1OCC[N+]1(Cc2ccccc2)CCCCCC1.[Y]. The zero-order chi connectivity index (χ0) is 19.8. The molecule has 4 nitrogen and oxygen atoms in total. The minimum absolute atomic E-state index is 0. The largest absolute Gasteiger partial charge is 0.487 e. The van der Waals surface area contributed by atoms with Crippen molar-refractivity contribution in [2.45, 2.75) is 39.2 Å². The Morgan fingerprint density at radius 1 is 0.966 bits per heavy atom. The fourth-order valence-corrected chi connectivity index (χ4v) is 4.25. The number of carbonyl (C=O) groups is 1. The van der Waals surface area contributed by atoms with E-state index in [0.29, 0.717) is 17.9 Å². The second kappa shape index (κ2) is 11.8. The summed E-state index contributed by atoms with van der Waals surface area (Å²) in [5, 5.41) is 0. The predicted molar refractivity (Wildman–Crippen MR) is 111 cm³/mol. The Kier molecular flexibility index (Phi) is 9.81. The molecule has 3 rings (SSSR count). The van der Waals surface area contributed by atoms with Crippen molar-refractivity contribution in [2.75, 3.05) is 33.4 Å². The van der Waals surface area contributed by atoms with Gasteiger partial charge in [-0.3, -0.25) is 0 Å². The molecular formula is C24H32NO3Y+. The van der Waals surface area contributed by atoms with E-state index in [4.69, 9.17) is 9.47 Å². The van der Waals surface area contributed by atoms with Crippen LogP contribution in [0.4, 0.5) is 0 Å². The van der Waals surface area contributed by atoms with Crippen molar-refractivity contribution in [2.24, 2.45) is 0 Å². The van der Waals surface area contributed by atoms with Gasteiger partial charge in [0.1, 0.15) is 31.0 Å². The molecule has 0 atom stereocenters. The van der Waals surface area contributed by atoms with E-state index in [2.05, 4.69) is 30.3 Å². The zero-order valence-electron chi connectivity index (χ0n) is 17.7. The molecule has 1 aliphatic rings. The third-order valence-electron chi connectivity index (χ3n) is 5.80. The Balaban J connectivity index is 0.00000300. The van der Waals surface area contributed by atoms with Gasteiger partial charge in [0, 0.05) is 38.3 Å². The van der Waals surface area contributed by atoms with Crippen LogP contribution in [-0.4, -0.2) is 43.8 Å². The van der Waals surface area contributed by atoms with Crippen molar-refractivity contribution in [1.29, 1.82) is 0 Å². The molecule has 2 aromatic rings. The van der Waals surface area contributed by atoms with Gasteiger partial charge in [0.2, 0.25) is 0 Å². The molecule has 0 N–H and O–H groups in total. The van der Waals surface area contributed by atoms with E-state index in [1.54, 1.807) is 6.07 Å². The normalized spacial score (nSPS) is 15.7. The van der Waals surface area contributed by atoms with Crippen LogP contribution in [0.3, 0.4) is 0 Å². The number of aryl methyl sites for hydroxylation is 1. The first-order valence-electron chi connectivity index (χ1n) is 10.3. The third-order valence-corrected chi connectivity index (χ3v) is 5.80. The second-order valence-electron chi connectivity index (χ2n) is 7.86. The molecule has 0 saturated carbocycles. The molecule has 0 aliphatic carbocycles. The monoisotopic (exact) mass is 471 g/mol. The van der Waals surface area contributed by atoms with Crippen LogP contribution in [0, 0.1) is 6.92 Å². The molecule has 1 fully saturated rings. The summed E-state index contributed by atoms with van der Waals surface area (Å²) in [5.74, 6) is 0.309. The van der Waals surface area contributed by atoms with Crippen LogP contribution in [0.5, 0.6) is 5.75 Å². The number of nitrogens with zero attached hydrogens (tertiary/aromatic N) is 1. The number of quaternary nitrogens is 1. The zero-order valence-corrected chi connectivity index (χ0v) is 20.6. The molecule has 1 radical (unpaired) electrons. The standard InChI is InChI=1S/C24H32NO3.Y/c1-20-11-10-14-22(24(26)27-2)23(20)28-18-17-25(15-8-3-4-9-16-25)19-21-12-6-5-7-13-21;/h5-7,10-14H,3-4,8-9,15-19H2,1-2H3;/q+1;. The quantitative estimate of drug-likeness (QED) is 0.432. The summed E-state index contributed by atoms with van der Waals surface area (Å²) in [6.45, 7) is 6.95. The van der Waals surface area contributed by atoms with Gasteiger partial charge in [-0.15, -0.1) is 0 Å². The third kappa shape index (κ3) is 6.63. The van der Waals surface area contributed by atoms with Crippen molar-refractivity contribution in [1.82, 2.24) is 0 Å². The summed E-state index contributed by atoms with van der Waals surface area (Å²) in [4.78, 5) is 12.1. The van der Waals surface area contributed by atoms with Crippen LogP contribution in [0.15, 0.2) is 48.5 Å². The number of likely N-dealkylation sites (tertiary alicyclic amines) is 1. The fourth-order valence-electron chi connectivity index (χ4n) is 4.25. The Morgan fingerprint density at radius 2 is 1.66 bits per heavy atom. The molecule has 0 aromatic heterocycles. The van der Waals surface area contributed by atoms with Crippen LogP contribution in [0.25, 0.3) is 0 Å². The summed E-state index contributed by atoms with van der Waals surface area (Å²) in [5.41, 5.74) is 2.86. The molecule has 1 aliphatic heterocycles. The number of rotatable bonds is 7. The summed E-state index contributed by atoms with van der Waals surface area (Å²) < 4.78 is 12.2. The van der Waals surface area contributed by atoms with Crippen LogP contribution in [0.2, 0.25) is 0 Å². The van der Waals surface area contributed by atoms with Crippen molar-refractivity contribution in [3.05, 3.63) is 65.2 Å². The number of carbonyl (C=O) groups excluding carboxylic acids is 1. The molecule has 29 heavy (non-hydrogen) atoms. The molecule has 2 aromatic carbocycles. The minimum Gasteiger partial charge on any atom is -0.487 e. The molecular weight excluding hydrogens is 439 g/mol. The van der Waals surface area contributed by atoms with Gasteiger partial charge in [0.05, 0.1) is 20.2 Å². The maximum absolute atomic E-state index is 12.1. The summed E-state index contributed by atoms with van der Waals surface area (Å²) >= 11 is 0. The van der Waals surface area contributed by atoms with E-state index in [9.17, 15) is 4.79 Å². The molecule has 0 amide bonds. The van der Waals surface area contributed by atoms with Gasteiger partial charge >= 0.3 is 5.97 Å². The Labute approximate surface area is 200 Å². The minimum atomic E-state index is -0.346. The molecule has 5 heteroatoms. The molecule has 0 spiro atoms. The van der Waals surface area contributed by atoms with E-state index >= 15 is 0 Å². The van der Waals surface area contributed by atoms with Gasteiger partial charge in [0.25, 0.3) is 0 Å². The van der Waals surface area contributed by atoms with Crippen LogP contribution in [0.1, 0.15) is 47.2 Å². The van der Waals surface area contributed by atoms with Gasteiger partial charge in [0.15, 0.2) is 0 Å². The Hall–Kier alpha value is -1.23. The van der Waals surface area contributed by atoms with E-state index < -0.39 is 0 Å². The van der Waals surface area contributed by atoms with Crippen molar-refractivity contribution in [3.63, 3.8) is 0 Å². The van der Waals surface area contributed by atoms with Gasteiger partial charge in [-0.25, -0.2) is 4.79 Å². The van der Waals surface area contributed by atoms with Crippen molar-refractivity contribution < 1.29 is 51.5 Å². The second-order valence-corrected chi connectivity index (χ2v) is 7.86. The number of hydrogen-bond donors (Lipinski definition) is 0. The van der Waals surface area contributed by atoms with Gasteiger partial charge in [-0.1, -0.05) is 42.5 Å². The number of para-hydroxylation sites is 1. The van der Waals surface area contributed by atoms with Crippen LogP contribution < -0.4 is 4.74 Å². The van der Waals surface area contributed by atoms with E-state index in [1.165, 1.54) is 51.4 Å². The predicted octanol–water partition coefficient (Wildman–Crippen LogP) is 4.75. The summed E-state index contributed by atoms with van der Waals surface area (Å²) in [6, 6.07) is 16.4. The molecule has 1 saturated heterocycles. The van der Waals surface area contributed by atoms with E-state index in [-0.39, 0.29) is 38.7 Å².